The summed E-state index contributed by atoms with van der Waals surface area (Å²) in [5.74, 6) is -1.09. The normalized spacial score (nSPS) is 10.7. The minimum absolute atomic E-state index is 0.0801. The van der Waals surface area contributed by atoms with Gasteiger partial charge in [0, 0.05) is 4.47 Å². The summed E-state index contributed by atoms with van der Waals surface area (Å²) < 4.78 is 6.19. The summed E-state index contributed by atoms with van der Waals surface area (Å²) in [4.78, 5) is 24.8. The lowest BCUT2D eigenvalue weighted by Gasteiger charge is -2.17. The van der Waals surface area contributed by atoms with E-state index in [4.69, 9.17) is 4.74 Å². The summed E-state index contributed by atoms with van der Waals surface area (Å²) in [6, 6.07) is 22.2. The van der Waals surface area contributed by atoms with E-state index in [0.29, 0.717) is 11.3 Å². The van der Waals surface area contributed by atoms with Crippen LogP contribution in [0.3, 0.4) is 0 Å². The number of anilines is 1. The van der Waals surface area contributed by atoms with Crippen LogP contribution >= 0.6 is 15.9 Å². The Labute approximate surface area is 193 Å². The molecule has 0 unspecified atom stereocenters. The molecular formula is C26H20BrNO4. The Bertz CT molecular complexity index is 1350. The fourth-order valence-electron chi connectivity index (χ4n) is 3.79. The number of carbonyl (C=O) groups is 2. The quantitative estimate of drug-likeness (QED) is 0.333. The number of halogens is 1. The average Bonchev–Trinajstić information content (AvgIpc) is 2.79. The summed E-state index contributed by atoms with van der Waals surface area (Å²) in [7, 11) is 1.43. The van der Waals surface area contributed by atoms with Crippen molar-refractivity contribution in [3.05, 3.63) is 94.0 Å². The molecule has 0 aliphatic carbocycles. The fraction of sp³-hybridized carbons (Fsp3) is 0.0769. The van der Waals surface area contributed by atoms with Crippen molar-refractivity contribution in [2.45, 2.75) is 6.92 Å². The molecule has 0 aliphatic heterocycles. The first-order valence-corrected chi connectivity index (χ1v) is 10.7. The number of carboxylic acids is 1. The van der Waals surface area contributed by atoms with Gasteiger partial charge < -0.3 is 15.2 Å². The maximum atomic E-state index is 13.5. The Morgan fingerprint density at radius 3 is 2.41 bits per heavy atom. The van der Waals surface area contributed by atoms with E-state index in [9.17, 15) is 14.7 Å². The number of nitrogens with one attached hydrogen (secondary N) is 1. The third-order valence-electron chi connectivity index (χ3n) is 5.37. The first kappa shape index (κ1) is 21.6. The first-order chi connectivity index (χ1) is 15.4. The SMILES string of the molecule is COc1cc(C(=O)O)ccc1NC(=O)c1c(C)c(-c2ccccc2)cc2ccc(Br)cc12. The second kappa shape index (κ2) is 8.85. The highest BCUT2D eigenvalue weighted by Gasteiger charge is 2.20. The molecule has 0 saturated heterocycles. The molecule has 0 bridgehead atoms. The third kappa shape index (κ3) is 4.09. The number of hydrogen-bond donors (Lipinski definition) is 2. The van der Waals surface area contributed by atoms with Crippen LogP contribution in [0.25, 0.3) is 21.9 Å². The van der Waals surface area contributed by atoms with Crippen molar-refractivity contribution in [1.82, 2.24) is 0 Å². The van der Waals surface area contributed by atoms with Crippen LogP contribution in [-0.2, 0) is 0 Å². The number of hydrogen-bond acceptors (Lipinski definition) is 3. The summed E-state index contributed by atoms with van der Waals surface area (Å²) in [6.07, 6.45) is 0. The van der Waals surface area contributed by atoms with Crippen molar-refractivity contribution in [1.29, 1.82) is 0 Å². The van der Waals surface area contributed by atoms with Crippen molar-refractivity contribution < 1.29 is 19.4 Å². The lowest BCUT2D eigenvalue weighted by molar-refractivity contribution is 0.0696. The highest BCUT2D eigenvalue weighted by Crippen LogP contribution is 2.35. The van der Waals surface area contributed by atoms with Crippen LogP contribution in [0.4, 0.5) is 5.69 Å². The van der Waals surface area contributed by atoms with Gasteiger partial charge in [-0.05, 0) is 70.8 Å². The van der Waals surface area contributed by atoms with Gasteiger partial charge in [0.25, 0.3) is 5.91 Å². The highest BCUT2D eigenvalue weighted by molar-refractivity contribution is 9.10. The molecular weight excluding hydrogens is 470 g/mol. The number of amides is 1. The van der Waals surface area contributed by atoms with Gasteiger partial charge in [-0.15, -0.1) is 0 Å². The summed E-state index contributed by atoms with van der Waals surface area (Å²) >= 11 is 3.51. The number of aromatic carboxylic acids is 1. The summed E-state index contributed by atoms with van der Waals surface area (Å²) in [5, 5.41) is 13.9. The molecule has 0 saturated carbocycles. The van der Waals surface area contributed by atoms with Gasteiger partial charge in [0.1, 0.15) is 5.75 Å². The molecule has 0 aromatic heterocycles. The molecule has 0 heterocycles. The van der Waals surface area contributed by atoms with Gasteiger partial charge in [-0.2, -0.15) is 0 Å². The molecule has 4 aromatic rings. The minimum Gasteiger partial charge on any atom is -0.495 e. The monoisotopic (exact) mass is 489 g/mol. The molecule has 0 fully saturated rings. The van der Waals surface area contributed by atoms with Crippen molar-refractivity contribution in [3.63, 3.8) is 0 Å². The van der Waals surface area contributed by atoms with Crippen LogP contribution in [0, 0.1) is 6.92 Å². The van der Waals surface area contributed by atoms with E-state index in [1.54, 1.807) is 0 Å². The fourth-order valence-corrected chi connectivity index (χ4v) is 4.15. The van der Waals surface area contributed by atoms with Gasteiger partial charge in [0.2, 0.25) is 0 Å². The Hall–Kier alpha value is -3.64. The van der Waals surface area contributed by atoms with E-state index >= 15 is 0 Å². The molecule has 1 amide bonds. The Kier molecular flexibility index (Phi) is 5.97. The van der Waals surface area contributed by atoms with Crippen molar-refractivity contribution in [2.75, 3.05) is 12.4 Å². The predicted octanol–water partition coefficient (Wildman–Crippen LogP) is 6.54. The van der Waals surface area contributed by atoms with Crippen LogP contribution in [0.15, 0.2) is 77.3 Å². The van der Waals surface area contributed by atoms with Gasteiger partial charge in [-0.1, -0.05) is 52.3 Å². The minimum atomic E-state index is -1.07. The van der Waals surface area contributed by atoms with Crippen LogP contribution in [-0.4, -0.2) is 24.1 Å². The zero-order chi connectivity index (χ0) is 22.8. The number of rotatable bonds is 5. The Balaban J connectivity index is 1.86. The standard InChI is InChI=1S/C26H20BrNO4/c1-15-20(16-6-4-3-5-7-16)12-17-8-10-19(27)14-21(17)24(15)25(29)28-22-11-9-18(26(30)31)13-23(22)32-2/h3-14H,1-2H3,(H,28,29)(H,30,31). The number of benzene rings is 4. The second-order valence-electron chi connectivity index (χ2n) is 7.33. The first-order valence-electron chi connectivity index (χ1n) is 9.90. The second-order valence-corrected chi connectivity index (χ2v) is 8.25. The number of fused-ring (bicyclic) bond motifs is 1. The van der Waals surface area contributed by atoms with Crippen molar-refractivity contribution in [3.8, 4) is 16.9 Å². The number of ether oxygens (including phenoxy) is 1. The maximum Gasteiger partial charge on any atom is 0.335 e. The average molecular weight is 490 g/mol. The van der Waals surface area contributed by atoms with E-state index < -0.39 is 5.97 Å². The molecule has 4 aromatic carbocycles. The lowest BCUT2D eigenvalue weighted by atomic mass is 9.91. The molecule has 0 spiro atoms. The third-order valence-corrected chi connectivity index (χ3v) is 5.87. The van der Waals surface area contributed by atoms with E-state index in [2.05, 4.69) is 27.3 Å². The molecule has 32 heavy (non-hydrogen) atoms. The van der Waals surface area contributed by atoms with Gasteiger partial charge in [-0.3, -0.25) is 4.79 Å². The van der Waals surface area contributed by atoms with E-state index in [1.807, 2.05) is 55.5 Å². The van der Waals surface area contributed by atoms with Gasteiger partial charge in [0.15, 0.2) is 0 Å². The summed E-state index contributed by atoms with van der Waals surface area (Å²) in [6.45, 7) is 1.93. The summed E-state index contributed by atoms with van der Waals surface area (Å²) in [5.41, 5.74) is 3.87. The van der Waals surface area contributed by atoms with Crippen LogP contribution in [0.5, 0.6) is 5.75 Å². The van der Waals surface area contributed by atoms with Gasteiger partial charge in [0.05, 0.1) is 23.9 Å². The van der Waals surface area contributed by atoms with Crippen LogP contribution in [0.2, 0.25) is 0 Å². The topological polar surface area (TPSA) is 75.6 Å². The van der Waals surface area contributed by atoms with Crippen LogP contribution < -0.4 is 10.1 Å². The zero-order valence-electron chi connectivity index (χ0n) is 17.5. The highest BCUT2D eigenvalue weighted by atomic mass is 79.9. The Morgan fingerprint density at radius 2 is 1.72 bits per heavy atom. The molecule has 0 radical (unpaired) electrons. The molecule has 5 nitrogen and oxygen atoms in total. The molecule has 2 N–H and O–H groups in total. The van der Waals surface area contributed by atoms with Gasteiger partial charge in [-0.25, -0.2) is 4.79 Å². The molecule has 160 valence electrons. The number of carboxylic acid groups (broad SMARTS) is 1. The smallest absolute Gasteiger partial charge is 0.335 e. The molecule has 0 atom stereocenters. The van der Waals surface area contributed by atoms with Crippen molar-refractivity contribution in [2.24, 2.45) is 0 Å². The largest absolute Gasteiger partial charge is 0.495 e. The van der Waals surface area contributed by atoms with E-state index in [1.165, 1.54) is 25.3 Å². The zero-order valence-corrected chi connectivity index (χ0v) is 19.1. The molecule has 6 heteroatoms. The Morgan fingerprint density at radius 1 is 0.969 bits per heavy atom. The van der Waals surface area contributed by atoms with E-state index in [0.717, 1.165) is 31.9 Å². The van der Waals surface area contributed by atoms with Crippen molar-refractivity contribution >= 4 is 44.3 Å². The number of methoxy groups -OCH3 is 1. The lowest BCUT2D eigenvalue weighted by Crippen LogP contribution is -2.15. The molecule has 4 rings (SSSR count). The predicted molar refractivity (Wildman–Crippen MR) is 130 cm³/mol. The van der Waals surface area contributed by atoms with E-state index in [-0.39, 0.29) is 17.2 Å². The maximum absolute atomic E-state index is 13.5. The van der Waals surface area contributed by atoms with Crippen LogP contribution in [0.1, 0.15) is 26.3 Å². The molecule has 0 aliphatic rings. The van der Waals surface area contributed by atoms with Gasteiger partial charge >= 0.3 is 5.97 Å². The number of carbonyl (C=O) groups excluding carboxylic acids is 1.